The number of halogens is 1. The van der Waals surface area contributed by atoms with Crippen molar-refractivity contribution in [3.63, 3.8) is 0 Å². The molecule has 9 nitrogen and oxygen atoms in total. The number of hydrogen-bond donors (Lipinski definition) is 1. The molecule has 0 fully saturated rings. The summed E-state index contributed by atoms with van der Waals surface area (Å²) in [7, 11) is 0. The number of amides is 1. The lowest BCUT2D eigenvalue weighted by molar-refractivity contribution is -0.118. The van der Waals surface area contributed by atoms with Crippen LogP contribution in [0.25, 0.3) is 5.69 Å². The summed E-state index contributed by atoms with van der Waals surface area (Å²) < 4.78 is 13.0. The summed E-state index contributed by atoms with van der Waals surface area (Å²) in [5, 5.41) is 16.1. The molecule has 4 rings (SSSR count). The van der Waals surface area contributed by atoms with Gasteiger partial charge >= 0.3 is 0 Å². The summed E-state index contributed by atoms with van der Waals surface area (Å²) in [5.74, 6) is 1.15. The second kappa shape index (κ2) is 8.40. The second-order valence-electron chi connectivity index (χ2n) is 5.52. The third-order valence-corrected chi connectivity index (χ3v) is 5.26. The molecule has 0 atom stereocenters. The number of carbonyl (C=O) groups is 1. The largest absolute Gasteiger partial charge is 0.454 e. The van der Waals surface area contributed by atoms with Gasteiger partial charge < -0.3 is 9.47 Å². The lowest BCUT2D eigenvalue weighted by Crippen LogP contribution is -2.20. The van der Waals surface area contributed by atoms with Gasteiger partial charge in [0.2, 0.25) is 11.9 Å². The van der Waals surface area contributed by atoms with Crippen molar-refractivity contribution in [2.45, 2.75) is 5.16 Å². The van der Waals surface area contributed by atoms with E-state index in [4.69, 9.17) is 9.47 Å². The molecule has 0 unspecified atom stereocenters. The van der Waals surface area contributed by atoms with Gasteiger partial charge in [-0.05, 0) is 50.6 Å². The average Bonchev–Trinajstić information content (AvgIpc) is 3.36. The number of rotatable bonds is 6. The number of hydrogen-bond acceptors (Lipinski definition) is 8. The monoisotopic (exact) mass is 460 g/mol. The van der Waals surface area contributed by atoms with Crippen LogP contribution in [0.5, 0.6) is 11.5 Å². The number of tetrazole rings is 1. The molecule has 1 aromatic heterocycles. The molecule has 142 valence electrons. The summed E-state index contributed by atoms with van der Waals surface area (Å²) >= 11 is 4.65. The van der Waals surface area contributed by atoms with E-state index in [9.17, 15) is 4.79 Å². The number of carbonyl (C=O) groups excluding carboxylic acids is 1. The first-order valence-electron chi connectivity index (χ1n) is 8.08. The number of aromatic nitrogens is 4. The van der Waals surface area contributed by atoms with E-state index in [0.717, 1.165) is 15.7 Å². The SMILES string of the molecule is O=C(CSc1nnnn1-c1ccccc1)N/N=C\c1cc2c(cc1Br)OCO2. The number of thioether (sulfide) groups is 1. The fourth-order valence-electron chi connectivity index (χ4n) is 2.37. The molecule has 0 saturated carbocycles. The fraction of sp³-hybridized carbons (Fsp3) is 0.118. The number of hydrazone groups is 1. The van der Waals surface area contributed by atoms with Crippen molar-refractivity contribution in [3.8, 4) is 17.2 Å². The highest BCUT2D eigenvalue weighted by atomic mass is 79.9. The van der Waals surface area contributed by atoms with Gasteiger partial charge in [0, 0.05) is 10.0 Å². The van der Waals surface area contributed by atoms with Crippen LogP contribution in [0.1, 0.15) is 5.56 Å². The van der Waals surface area contributed by atoms with Gasteiger partial charge in [0.05, 0.1) is 17.7 Å². The second-order valence-corrected chi connectivity index (χ2v) is 7.31. The van der Waals surface area contributed by atoms with Crippen LogP contribution in [0, 0.1) is 0 Å². The maximum atomic E-state index is 12.1. The van der Waals surface area contributed by atoms with Crippen molar-refractivity contribution in [1.29, 1.82) is 0 Å². The predicted octanol–water partition coefficient (Wildman–Crippen LogP) is 2.40. The molecule has 28 heavy (non-hydrogen) atoms. The van der Waals surface area contributed by atoms with E-state index in [0.29, 0.717) is 16.7 Å². The van der Waals surface area contributed by atoms with Crippen molar-refractivity contribution < 1.29 is 14.3 Å². The van der Waals surface area contributed by atoms with Gasteiger partial charge in [-0.1, -0.05) is 30.0 Å². The minimum Gasteiger partial charge on any atom is -0.454 e. The van der Waals surface area contributed by atoms with Crippen LogP contribution in [0.4, 0.5) is 0 Å². The molecular weight excluding hydrogens is 448 g/mol. The summed E-state index contributed by atoms with van der Waals surface area (Å²) in [6.45, 7) is 0.193. The molecule has 0 bridgehead atoms. The molecule has 2 heterocycles. The summed E-state index contributed by atoms with van der Waals surface area (Å²) in [6, 6.07) is 13.0. The molecule has 1 aliphatic rings. The third-order valence-electron chi connectivity index (χ3n) is 3.66. The Bertz CT molecular complexity index is 1030. The van der Waals surface area contributed by atoms with E-state index in [1.54, 1.807) is 16.8 Å². The molecule has 1 aliphatic heterocycles. The average molecular weight is 461 g/mol. The van der Waals surface area contributed by atoms with E-state index in [2.05, 4.69) is 42.0 Å². The Kier molecular flexibility index (Phi) is 5.53. The van der Waals surface area contributed by atoms with E-state index < -0.39 is 0 Å². The smallest absolute Gasteiger partial charge is 0.250 e. The van der Waals surface area contributed by atoms with E-state index in [1.165, 1.54) is 18.0 Å². The van der Waals surface area contributed by atoms with Gasteiger partial charge in [-0.2, -0.15) is 9.78 Å². The minimum atomic E-state index is -0.277. The van der Waals surface area contributed by atoms with Crippen LogP contribution >= 0.6 is 27.7 Å². The van der Waals surface area contributed by atoms with Gasteiger partial charge in [0.1, 0.15) is 0 Å². The minimum absolute atomic E-state index is 0.118. The van der Waals surface area contributed by atoms with Gasteiger partial charge in [-0.15, -0.1) is 5.10 Å². The van der Waals surface area contributed by atoms with Gasteiger partial charge in [-0.25, -0.2) is 5.43 Å². The maximum Gasteiger partial charge on any atom is 0.250 e. The highest BCUT2D eigenvalue weighted by Crippen LogP contribution is 2.36. The molecular formula is C17H13BrN6O3S. The Labute approximate surface area is 172 Å². The van der Waals surface area contributed by atoms with Crippen LogP contribution in [0.2, 0.25) is 0 Å². The quantitative estimate of drug-likeness (QED) is 0.342. The number of ether oxygens (including phenoxy) is 2. The Morgan fingerprint density at radius 2 is 2.07 bits per heavy atom. The molecule has 2 aromatic carbocycles. The zero-order chi connectivity index (χ0) is 19.3. The first kappa shape index (κ1) is 18.4. The van der Waals surface area contributed by atoms with Crippen LogP contribution in [0.15, 0.2) is 57.2 Å². The van der Waals surface area contributed by atoms with Gasteiger partial charge in [0.15, 0.2) is 11.5 Å². The molecule has 0 saturated heterocycles. The first-order valence-corrected chi connectivity index (χ1v) is 9.86. The van der Waals surface area contributed by atoms with E-state index in [1.807, 2.05) is 30.3 Å². The van der Waals surface area contributed by atoms with Crippen LogP contribution in [0.3, 0.4) is 0 Å². The Morgan fingerprint density at radius 1 is 1.29 bits per heavy atom. The third kappa shape index (κ3) is 4.15. The number of para-hydroxylation sites is 1. The zero-order valence-corrected chi connectivity index (χ0v) is 16.7. The standard InChI is InChI=1S/C17H13BrN6O3S/c18-13-7-15-14(26-10-27-15)6-11(13)8-19-20-16(25)9-28-17-21-22-23-24(17)12-4-2-1-3-5-12/h1-8H,9-10H2,(H,20,25)/b19-8-. The van der Waals surface area contributed by atoms with Crippen molar-refractivity contribution in [2.24, 2.45) is 5.10 Å². The van der Waals surface area contributed by atoms with Crippen molar-refractivity contribution in [3.05, 3.63) is 52.5 Å². The Balaban J connectivity index is 1.34. The Morgan fingerprint density at radius 3 is 2.89 bits per heavy atom. The van der Waals surface area contributed by atoms with Crippen LogP contribution in [-0.4, -0.2) is 44.9 Å². The predicted molar refractivity (Wildman–Crippen MR) is 106 cm³/mol. The van der Waals surface area contributed by atoms with E-state index in [-0.39, 0.29) is 18.5 Å². The molecule has 0 radical (unpaired) electrons. The number of nitrogens with one attached hydrogen (secondary N) is 1. The Hall–Kier alpha value is -2.92. The van der Waals surface area contributed by atoms with Crippen molar-refractivity contribution in [2.75, 3.05) is 12.5 Å². The van der Waals surface area contributed by atoms with Crippen molar-refractivity contribution >= 4 is 39.8 Å². The highest BCUT2D eigenvalue weighted by molar-refractivity contribution is 9.10. The number of benzene rings is 2. The summed E-state index contributed by atoms with van der Waals surface area (Å²) in [6.07, 6.45) is 1.53. The molecule has 1 amide bonds. The molecule has 1 N–H and O–H groups in total. The molecule has 3 aromatic rings. The molecule has 11 heteroatoms. The lowest BCUT2D eigenvalue weighted by Gasteiger charge is -2.04. The van der Waals surface area contributed by atoms with Gasteiger partial charge in [-0.3, -0.25) is 4.79 Å². The maximum absolute atomic E-state index is 12.1. The van der Waals surface area contributed by atoms with Gasteiger partial charge in [0.25, 0.3) is 5.91 Å². The highest BCUT2D eigenvalue weighted by Gasteiger charge is 2.15. The van der Waals surface area contributed by atoms with E-state index >= 15 is 0 Å². The first-order chi connectivity index (χ1) is 13.7. The topological polar surface area (TPSA) is 104 Å². The normalized spacial score (nSPS) is 12.5. The summed E-state index contributed by atoms with van der Waals surface area (Å²) in [4.78, 5) is 12.1. The zero-order valence-electron chi connectivity index (χ0n) is 14.3. The lowest BCUT2D eigenvalue weighted by atomic mass is 10.2. The summed E-state index contributed by atoms with van der Waals surface area (Å²) in [5.41, 5.74) is 4.06. The van der Waals surface area contributed by atoms with Crippen LogP contribution < -0.4 is 14.9 Å². The number of nitrogens with zero attached hydrogens (tertiary/aromatic N) is 5. The van der Waals surface area contributed by atoms with Crippen LogP contribution in [-0.2, 0) is 4.79 Å². The number of fused-ring (bicyclic) bond motifs is 1. The molecule has 0 spiro atoms. The van der Waals surface area contributed by atoms with Crippen molar-refractivity contribution in [1.82, 2.24) is 25.6 Å². The fourth-order valence-corrected chi connectivity index (χ4v) is 3.48. The molecule has 0 aliphatic carbocycles.